The molecule has 3 aromatic rings. The summed E-state index contributed by atoms with van der Waals surface area (Å²) in [5.74, 6) is -0.0997. The molecule has 3 saturated heterocycles. The zero-order valence-electron chi connectivity index (χ0n) is 29.2. The number of rotatable bonds is 11. The molecule has 0 saturated carbocycles. The van der Waals surface area contributed by atoms with Crippen molar-refractivity contribution in [2.24, 2.45) is 5.92 Å². The summed E-state index contributed by atoms with van der Waals surface area (Å²) in [6, 6.07) is 23.9. The van der Waals surface area contributed by atoms with Crippen molar-refractivity contribution in [2.45, 2.75) is 43.1 Å². The second-order valence-electron chi connectivity index (χ2n) is 13.8. The summed E-state index contributed by atoms with van der Waals surface area (Å²) in [4.78, 5) is 45.0. The zero-order valence-corrected chi connectivity index (χ0v) is 29.2. The lowest BCUT2D eigenvalue weighted by Crippen LogP contribution is -2.56. The van der Waals surface area contributed by atoms with Gasteiger partial charge < -0.3 is 39.3 Å². The molecule has 3 aliphatic heterocycles. The standard InChI is InChI=1S/C39H48N4O7/c1-48-32-24-29(25-33(49-2)34(32)50-3)35(44)43-23-16-38(27-43,30-10-6-4-7-11-30)15-20-41-21-17-39(18-22-41,31-12-8-5-9-13-31)40-37(47)42-19-14-28(26-42)36(45)46/h4-13,24-25,28H,14-23,26-27H2,1-3H3,(H,40,47)(H,45,46). The molecule has 11 heteroatoms. The molecule has 266 valence electrons. The van der Waals surface area contributed by atoms with Crippen LogP contribution in [-0.4, -0.2) is 105 Å². The number of carbonyl (C=O) groups excluding carboxylic acids is 2. The van der Waals surface area contributed by atoms with Gasteiger partial charge in [-0.15, -0.1) is 0 Å². The number of amides is 3. The maximum absolute atomic E-state index is 13.9. The molecule has 0 bridgehead atoms. The maximum atomic E-state index is 13.9. The van der Waals surface area contributed by atoms with E-state index in [2.05, 4.69) is 46.6 Å². The third-order valence-corrected chi connectivity index (χ3v) is 11.1. The summed E-state index contributed by atoms with van der Waals surface area (Å²) in [5, 5.41) is 12.8. The minimum absolute atomic E-state index is 0.0731. The van der Waals surface area contributed by atoms with E-state index in [9.17, 15) is 19.5 Å². The molecule has 3 aromatic carbocycles. The first-order chi connectivity index (χ1) is 24.2. The number of nitrogens with one attached hydrogen (secondary N) is 1. The molecule has 3 aliphatic rings. The molecule has 11 nitrogen and oxygen atoms in total. The predicted molar refractivity (Wildman–Crippen MR) is 189 cm³/mol. The van der Waals surface area contributed by atoms with Gasteiger partial charge in [0.25, 0.3) is 5.91 Å². The number of carbonyl (C=O) groups is 3. The van der Waals surface area contributed by atoms with E-state index in [1.807, 2.05) is 29.2 Å². The number of nitrogens with zero attached hydrogens (tertiary/aromatic N) is 3. The summed E-state index contributed by atoms with van der Waals surface area (Å²) >= 11 is 0. The fourth-order valence-corrected chi connectivity index (χ4v) is 8.01. The third kappa shape index (κ3) is 7.10. The number of benzene rings is 3. The molecular formula is C39H48N4O7. The average molecular weight is 685 g/mol. The topological polar surface area (TPSA) is 121 Å². The van der Waals surface area contributed by atoms with Gasteiger partial charge in [0, 0.05) is 50.2 Å². The average Bonchev–Trinajstić information content (AvgIpc) is 3.84. The second kappa shape index (κ2) is 15.0. The minimum Gasteiger partial charge on any atom is -0.493 e. The van der Waals surface area contributed by atoms with Crippen LogP contribution in [0.15, 0.2) is 72.8 Å². The van der Waals surface area contributed by atoms with Crippen LogP contribution in [0.5, 0.6) is 17.2 Å². The molecular weight excluding hydrogens is 636 g/mol. The molecule has 0 radical (unpaired) electrons. The first kappa shape index (κ1) is 35.1. The lowest BCUT2D eigenvalue weighted by molar-refractivity contribution is -0.141. The van der Waals surface area contributed by atoms with Crippen molar-refractivity contribution in [3.05, 3.63) is 89.5 Å². The van der Waals surface area contributed by atoms with Crippen LogP contribution in [0.3, 0.4) is 0 Å². The Bertz CT molecular complexity index is 1640. The third-order valence-electron chi connectivity index (χ3n) is 11.1. The van der Waals surface area contributed by atoms with E-state index >= 15 is 0 Å². The number of likely N-dealkylation sites (tertiary alicyclic amines) is 3. The summed E-state index contributed by atoms with van der Waals surface area (Å²) in [6.45, 7) is 4.35. The highest BCUT2D eigenvalue weighted by molar-refractivity contribution is 5.96. The Morgan fingerprint density at radius 3 is 1.98 bits per heavy atom. The Balaban J connectivity index is 1.15. The number of hydrogen-bond acceptors (Lipinski definition) is 7. The predicted octanol–water partition coefficient (Wildman–Crippen LogP) is 4.99. The largest absolute Gasteiger partial charge is 0.493 e. The van der Waals surface area contributed by atoms with Gasteiger partial charge in [-0.25, -0.2) is 4.79 Å². The highest BCUT2D eigenvalue weighted by Crippen LogP contribution is 2.42. The number of piperidine rings is 1. The monoisotopic (exact) mass is 684 g/mol. The number of carboxylic acid groups (broad SMARTS) is 1. The highest BCUT2D eigenvalue weighted by atomic mass is 16.5. The summed E-state index contributed by atoms with van der Waals surface area (Å²) < 4.78 is 16.5. The fourth-order valence-electron chi connectivity index (χ4n) is 8.01. The van der Waals surface area contributed by atoms with Gasteiger partial charge in [0.05, 0.1) is 32.8 Å². The van der Waals surface area contributed by atoms with E-state index in [1.54, 1.807) is 38.4 Å². The lowest BCUT2D eigenvalue weighted by Gasteiger charge is -2.44. The first-order valence-corrected chi connectivity index (χ1v) is 17.4. The number of carboxylic acids is 1. The molecule has 0 aliphatic carbocycles. The van der Waals surface area contributed by atoms with E-state index in [1.165, 1.54) is 5.56 Å². The molecule has 0 aromatic heterocycles. The van der Waals surface area contributed by atoms with Gasteiger partial charge in [-0.2, -0.15) is 0 Å². The van der Waals surface area contributed by atoms with Crippen LogP contribution in [0.25, 0.3) is 0 Å². The number of ether oxygens (including phenoxy) is 3. The van der Waals surface area contributed by atoms with Gasteiger partial charge in [-0.1, -0.05) is 60.7 Å². The Labute approximate surface area is 294 Å². The molecule has 6 rings (SSSR count). The molecule has 3 amide bonds. The molecule has 3 fully saturated rings. The van der Waals surface area contributed by atoms with Gasteiger partial charge in [0.2, 0.25) is 5.75 Å². The van der Waals surface area contributed by atoms with Crippen LogP contribution >= 0.6 is 0 Å². The summed E-state index contributed by atoms with van der Waals surface area (Å²) in [5.41, 5.74) is 2.04. The Hall–Kier alpha value is -4.77. The van der Waals surface area contributed by atoms with Crippen molar-refractivity contribution < 1.29 is 33.7 Å². The van der Waals surface area contributed by atoms with E-state index in [0.717, 1.165) is 50.9 Å². The SMILES string of the molecule is COc1cc(C(=O)N2CCC(CCN3CCC(NC(=O)N4CCC(C(=O)O)C4)(c4ccccc4)CC3)(c3ccccc3)C2)cc(OC)c1OC. The number of aliphatic carboxylic acids is 1. The summed E-state index contributed by atoms with van der Waals surface area (Å²) in [7, 11) is 4.64. The molecule has 3 heterocycles. The van der Waals surface area contributed by atoms with Crippen molar-refractivity contribution in [2.75, 3.05) is 67.1 Å². The van der Waals surface area contributed by atoms with Gasteiger partial charge >= 0.3 is 12.0 Å². The molecule has 2 N–H and O–H groups in total. The quantitative estimate of drug-likeness (QED) is 0.290. The van der Waals surface area contributed by atoms with E-state index in [-0.39, 0.29) is 23.9 Å². The van der Waals surface area contributed by atoms with Gasteiger partial charge in [0.1, 0.15) is 0 Å². The van der Waals surface area contributed by atoms with Crippen LogP contribution in [0.1, 0.15) is 53.6 Å². The van der Waals surface area contributed by atoms with E-state index in [4.69, 9.17) is 14.2 Å². The van der Waals surface area contributed by atoms with Crippen LogP contribution in [0.4, 0.5) is 4.79 Å². The van der Waals surface area contributed by atoms with Crippen molar-refractivity contribution in [1.29, 1.82) is 0 Å². The van der Waals surface area contributed by atoms with Gasteiger partial charge in [-0.05, 0) is 61.9 Å². The minimum atomic E-state index is -0.851. The van der Waals surface area contributed by atoms with Crippen molar-refractivity contribution >= 4 is 17.9 Å². The zero-order chi connectivity index (χ0) is 35.3. The Morgan fingerprint density at radius 2 is 1.42 bits per heavy atom. The van der Waals surface area contributed by atoms with Crippen LogP contribution in [-0.2, 0) is 15.7 Å². The van der Waals surface area contributed by atoms with Crippen LogP contribution in [0, 0.1) is 5.92 Å². The van der Waals surface area contributed by atoms with Gasteiger partial charge in [-0.3, -0.25) is 9.59 Å². The van der Waals surface area contributed by atoms with E-state index < -0.39 is 17.4 Å². The Morgan fingerprint density at radius 1 is 0.800 bits per heavy atom. The molecule has 50 heavy (non-hydrogen) atoms. The van der Waals surface area contributed by atoms with Crippen molar-refractivity contribution in [1.82, 2.24) is 20.0 Å². The Kier molecular flexibility index (Phi) is 10.5. The summed E-state index contributed by atoms with van der Waals surface area (Å²) in [6.07, 6.45) is 3.68. The molecule has 0 spiro atoms. The van der Waals surface area contributed by atoms with Crippen molar-refractivity contribution in [3.63, 3.8) is 0 Å². The second-order valence-corrected chi connectivity index (χ2v) is 13.8. The van der Waals surface area contributed by atoms with Crippen LogP contribution < -0.4 is 19.5 Å². The van der Waals surface area contributed by atoms with E-state index in [0.29, 0.717) is 48.9 Å². The smallest absolute Gasteiger partial charge is 0.318 e. The number of methoxy groups -OCH3 is 3. The highest BCUT2D eigenvalue weighted by Gasteiger charge is 2.44. The van der Waals surface area contributed by atoms with Gasteiger partial charge in [0.15, 0.2) is 11.5 Å². The lowest BCUT2D eigenvalue weighted by atomic mass is 9.76. The first-order valence-electron chi connectivity index (χ1n) is 17.4. The number of urea groups is 1. The van der Waals surface area contributed by atoms with Crippen molar-refractivity contribution in [3.8, 4) is 17.2 Å². The molecule has 2 unspecified atom stereocenters. The van der Waals surface area contributed by atoms with Crippen LogP contribution in [0.2, 0.25) is 0 Å². The fraction of sp³-hybridized carbons (Fsp3) is 0.462. The molecule has 2 atom stereocenters. The maximum Gasteiger partial charge on any atom is 0.318 e. The normalized spacial score (nSPS) is 21.9. The number of hydrogen-bond donors (Lipinski definition) is 2.